The fourth-order valence-electron chi connectivity index (χ4n) is 3.54. The van der Waals surface area contributed by atoms with E-state index in [-0.39, 0.29) is 46.8 Å². The van der Waals surface area contributed by atoms with Gasteiger partial charge in [0.15, 0.2) is 0 Å². The minimum atomic E-state index is -1.33. The molecule has 0 fully saturated rings. The number of aromatic carboxylic acids is 1. The van der Waals surface area contributed by atoms with Crippen molar-refractivity contribution in [2.75, 3.05) is 0 Å². The number of carbonyl (C=O) groups is 2. The van der Waals surface area contributed by atoms with Crippen molar-refractivity contribution >= 4 is 11.9 Å². The summed E-state index contributed by atoms with van der Waals surface area (Å²) in [7, 11) is 0. The molecule has 0 saturated heterocycles. The first kappa shape index (κ1) is 29.2. The molecule has 0 saturated carbocycles. The quantitative estimate of drug-likeness (QED) is 0.156. The molecule has 30 heavy (non-hydrogen) atoms. The average Bonchev–Trinajstić information content (AvgIpc) is 2.71. The van der Waals surface area contributed by atoms with Gasteiger partial charge in [-0.15, -0.1) is 0 Å². The van der Waals surface area contributed by atoms with Gasteiger partial charge in [-0.3, -0.25) is 4.79 Å². The molecule has 0 radical (unpaired) electrons. The Kier molecular flexibility index (Phi) is 19.5. The number of carbonyl (C=O) groups excluding carboxylic acids is 2. The average molecular weight is 427 g/mol. The van der Waals surface area contributed by atoms with Crippen LogP contribution in [0.4, 0.5) is 0 Å². The topological polar surface area (TPSA) is 66.4 Å². The predicted molar refractivity (Wildman–Crippen MR) is 116 cm³/mol. The Balaban J connectivity index is 0.00000841. The largest absolute Gasteiger partial charge is 1.00 e. The number of carboxylic acid groups (broad SMARTS) is 1. The van der Waals surface area contributed by atoms with Crippen LogP contribution in [0.5, 0.6) is 5.75 Å². The number of carboxylic acids is 1. The van der Waals surface area contributed by atoms with Gasteiger partial charge in [-0.05, 0) is 18.6 Å². The van der Waals surface area contributed by atoms with Crippen LogP contribution in [-0.4, -0.2) is 11.9 Å². The smallest absolute Gasteiger partial charge is 0.545 e. The Morgan fingerprint density at radius 3 is 1.63 bits per heavy atom. The Bertz CT molecular complexity index is 574. The molecule has 0 aliphatic rings. The van der Waals surface area contributed by atoms with E-state index in [2.05, 4.69) is 6.92 Å². The fourth-order valence-corrected chi connectivity index (χ4v) is 3.54. The molecule has 164 valence electrons. The molecule has 0 spiro atoms. The van der Waals surface area contributed by atoms with Crippen LogP contribution < -0.4 is 39.4 Å². The summed E-state index contributed by atoms with van der Waals surface area (Å²) in [6.07, 6.45) is 19.5. The Labute approximate surface area is 205 Å². The molecule has 0 aliphatic carbocycles. The third kappa shape index (κ3) is 15.0. The summed E-state index contributed by atoms with van der Waals surface area (Å²) in [5.41, 5.74) is -0.0858. The van der Waals surface area contributed by atoms with Gasteiger partial charge in [-0.1, -0.05) is 109 Å². The first-order chi connectivity index (χ1) is 14.1. The van der Waals surface area contributed by atoms with Crippen LogP contribution in [-0.2, 0) is 4.79 Å². The minimum absolute atomic E-state index is 0. The number of hydrogen-bond acceptors (Lipinski definition) is 4. The van der Waals surface area contributed by atoms with Crippen LogP contribution in [0.25, 0.3) is 0 Å². The summed E-state index contributed by atoms with van der Waals surface area (Å²) in [5.74, 6) is -1.65. The zero-order valence-corrected chi connectivity index (χ0v) is 21.3. The maximum Gasteiger partial charge on any atom is 1.00 e. The molecular formula is C25H39NaO4. The monoisotopic (exact) mass is 426 g/mol. The van der Waals surface area contributed by atoms with Crippen molar-refractivity contribution in [1.29, 1.82) is 0 Å². The Morgan fingerprint density at radius 2 is 1.17 bits per heavy atom. The van der Waals surface area contributed by atoms with Gasteiger partial charge in [0.1, 0.15) is 5.75 Å². The van der Waals surface area contributed by atoms with Crippen LogP contribution in [0.15, 0.2) is 24.3 Å². The van der Waals surface area contributed by atoms with Crippen molar-refractivity contribution in [2.24, 2.45) is 0 Å². The summed E-state index contributed by atoms with van der Waals surface area (Å²) in [4.78, 5) is 22.9. The molecule has 1 aromatic carbocycles. The number of para-hydroxylation sites is 1. The molecule has 0 atom stereocenters. The van der Waals surface area contributed by atoms with Gasteiger partial charge in [0.05, 0.1) is 5.97 Å². The first-order valence-corrected chi connectivity index (χ1v) is 11.7. The number of benzene rings is 1. The molecule has 1 aromatic rings. The summed E-state index contributed by atoms with van der Waals surface area (Å²) < 4.78 is 5.17. The summed E-state index contributed by atoms with van der Waals surface area (Å²) >= 11 is 0. The molecule has 0 aliphatic heterocycles. The summed E-state index contributed by atoms with van der Waals surface area (Å²) in [6, 6.07) is 6.08. The predicted octanol–water partition coefficient (Wildman–Crippen LogP) is 3.22. The fraction of sp³-hybridized carbons (Fsp3) is 0.680. The summed E-state index contributed by atoms with van der Waals surface area (Å²) in [5, 5.41) is 11.0. The van der Waals surface area contributed by atoms with E-state index in [4.69, 9.17) is 4.74 Å². The van der Waals surface area contributed by atoms with Crippen LogP contribution in [0, 0.1) is 0 Å². The number of esters is 1. The van der Waals surface area contributed by atoms with Crippen molar-refractivity contribution in [1.82, 2.24) is 0 Å². The molecule has 0 unspecified atom stereocenters. The second-order valence-corrected chi connectivity index (χ2v) is 7.96. The van der Waals surface area contributed by atoms with Gasteiger partial charge in [-0.2, -0.15) is 0 Å². The van der Waals surface area contributed by atoms with Gasteiger partial charge in [0.2, 0.25) is 0 Å². The van der Waals surface area contributed by atoms with Crippen LogP contribution in [0.3, 0.4) is 0 Å². The maximum absolute atomic E-state index is 11.9. The van der Waals surface area contributed by atoms with Gasteiger partial charge >= 0.3 is 35.5 Å². The van der Waals surface area contributed by atoms with E-state index in [0.717, 1.165) is 19.3 Å². The molecule has 1 rings (SSSR count). The molecule has 0 amide bonds. The van der Waals surface area contributed by atoms with Crippen LogP contribution >= 0.6 is 0 Å². The SMILES string of the molecule is CCCCCCCCCCCCCCCCCC(=O)Oc1ccccc1C(=O)[O-].[Na+]. The van der Waals surface area contributed by atoms with Crippen molar-refractivity contribution in [3.8, 4) is 5.75 Å². The van der Waals surface area contributed by atoms with E-state index in [0.29, 0.717) is 6.42 Å². The van der Waals surface area contributed by atoms with Crippen molar-refractivity contribution in [3.05, 3.63) is 29.8 Å². The van der Waals surface area contributed by atoms with Crippen LogP contribution in [0.2, 0.25) is 0 Å². The van der Waals surface area contributed by atoms with Gasteiger partial charge in [-0.25, -0.2) is 0 Å². The standard InChI is InChI=1S/C25H40O4.Na/c1-2-3-4-5-6-7-8-9-10-11-12-13-14-15-16-21-24(26)29-23-20-18-17-19-22(23)25(27)28;/h17-20H,2-16,21H2,1H3,(H,27,28);/q;+1/p-1. The normalized spacial score (nSPS) is 10.4. The van der Waals surface area contributed by atoms with E-state index in [1.165, 1.54) is 89.2 Å². The van der Waals surface area contributed by atoms with Gasteiger partial charge in [0, 0.05) is 12.0 Å². The van der Waals surface area contributed by atoms with Crippen LogP contribution in [0.1, 0.15) is 120 Å². The molecule has 4 nitrogen and oxygen atoms in total. The third-order valence-corrected chi connectivity index (χ3v) is 5.32. The number of rotatable bonds is 18. The zero-order valence-electron chi connectivity index (χ0n) is 19.3. The maximum atomic E-state index is 11.9. The number of unbranched alkanes of at least 4 members (excludes halogenated alkanes) is 14. The molecule has 0 heterocycles. The minimum Gasteiger partial charge on any atom is -0.545 e. The second-order valence-electron chi connectivity index (χ2n) is 7.96. The summed E-state index contributed by atoms with van der Waals surface area (Å²) in [6.45, 7) is 2.26. The van der Waals surface area contributed by atoms with E-state index in [1.54, 1.807) is 12.1 Å². The Hall–Kier alpha value is -0.840. The third-order valence-electron chi connectivity index (χ3n) is 5.32. The van der Waals surface area contributed by atoms with E-state index >= 15 is 0 Å². The van der Waals surface area contributed by atoms with E-state index < -0.39 is 5.97 Å². The molecule has 0 bridgehead atoms. The molecule has 0 N–H and O–H groups in total. The van der Waals surface area contributed by atoms with E-state index in [1.807, 2.05) is 0 Å². The first-order valence-electron chi connectivity index (χ1n) is 11.7. The van der Waals surface area contributed by atoms with Crippen molar-refractivity contribution in [2.45, 2.75) is 110 Å². The molecule has 0 aromatic heterocycles. The number of hydrogen-bond donors (Lipinski definition) is 0. The zero-order chi connectivity index (χ0) is 21.2. The molecular weight excluding hydrogens is 387 g/mol. The Morgan fingerprint density at radius 1 is 0.733 bits per heavy atom. The van der Waals surface area contributed by atoms with Gasteiger partial charge < -0.3 is 14.6 Å². The van der Waals surface area contributed by atoms with Crippen molar-refractivity contribution < 1.29 is 49.0 Å². The van der Waals surface area contributed by atoms with E-state index in [9.17, 15) is 14.7 Å². The van der Waals surface area contributed by atoms with Gasteiger partial charge in [0.25, 0.3) is 0 Å². The number of ether oxygens (including phenoxy) is 1. The second kappa shape index (κ2) is 20.1. The molecule has 5 heteroatoms. The van der Waals surface area contributed by atoms with Crippen molar-refractivity contribution in [3.63, 3.8) is 0 Å².